The summed E-state index contributed by atoms with van der Waals surface area (Å²) in [7, 11) is 0. The summed E-state index contributed by atoms with van der Waals surface area (Å²) < 4.78 is 5.09. The number of rotatable bonds is 3. The molecule has 0 bridgehead atoms. The number of benzene rings is 1. The van der Waals surface area contributed by atoms with Crippen LogP contribution in [0.2, 0.25) is 0 Å². The van der Waals surface area contributed by atoms with E-state index in [-0.39, 0.29) is 6.61 Å². The van der Waals surface area contributed by atoms with E-state index in [1.807, 2.05) is 30.3 Å². The zero-order valence-corrected chi connectivity index (χ0v) is 10.2. The molecule has 19 heavy (non-hydrogen) atoms. The van der Waals surface area contributed by atoms with Crippen molar-refractivity contribution in [3.8, 4) is 12.3 Å². The maximum absolute atomic E-state index is 11.6. The zero-order valence-electron chi connectivity index (χ0n) is 10.2. The molecule has 0 aliphatic carbocycles. The van der Waals surface area contributed by atoms with Crippen molar-refractivity contribution in [1.29, 1.82) is 0 Å². The lowest BCUT2D eigenvalue weighted by Gasteiger charge is -2.08. The number of nitrogens with one attached hydrogen (secondary N) is 1. The van der Waals surface area contributed by atoms with Gasteiger partial charge in [0, 0.05) is 12.4 Å². The van der Waals surface area contributed by atoms with Crippen molar-refractivity contribution < 1.29 is 9.53 Å². The van der Waals surface area contributed by atoms with Crippen LogP contribution in [-0.2, 0) is 11.3 Å². The molecule has 0 unspecified atom stereocenters. The number of nitrogens with zero attached hydrogens (tertiary/aromatic N) is 1. The third-order valence-electron chi connectivity index (χ3n) is 2.43. The molecule has 0 atom stereocenters. The highest BCUT2D eigenvalue weighted by molar-refractivity contribution is 5.86. The average Bonchev–Trinajstić information content (AvgIpc) is 2.47. The summed E-state index contributed by atoms with van der Waals surface area (Å²) >= 11 is 0. The van der Waals surface area contributed by atoms with Gasteiger partial charge in [-0.05, 0) is 11.6 Å². The van der Waals surface area contributed by atoms with Gasteiger partial charge in [0.05, 0.1) is 11.3 Å². The van der Waals surface area contributed by atoms with Crippen molar-refractivity contribution in [1.82, 2.24) is 4.98 Å². The van der Waals surface area contributed by atoms with E-state index in [1.165, 1.54) is 6.20 Å². The van der Waals surface area contributed by atoms with Crippen LogP contribution in [0, 0.1) is 12.3 Å². The minimum absolute atomic E-state index is 0.211. The van der Waals surface area contributed by atoms with Gasteiger partial charge in [-0.2, -0.15) is 0 Å². The van der Waals surface area contributed by atoms with Crippen LogP contribution in [0.5, 0.6) is 0 Å². The molecule has 0 fully saturated rings. The molecule has 0 aliphatic rings. The fourth-order valence-corrected chi connectivity index (χ4v) is 1.49. The van der Waals surface area contributed by atoms with E-state index in [2.05, 4.69) is 16.2 Å². The maximum atomic E-state index is 11.6. The molecule has 0 spiro atoms. The molecule has 1 aromatic carbocycles. The Bertz CT molecular complexity index is 603. The quantitative estimate of drug-likeness (QED) is 0.854. The van der Waals surface area contributed by atoms with Crippen LogP contribution in [0.1, 0.15) is 11.1 Å². The highest BCUT2D eigenvalue weighted by Crippen LogP contribution is 2.12. The summed E-state index contributed by atoms with van der Waals surface area (Å²) in [6, 6.07) is 11.1. The summed E-state index contributed by atoms with van der Waals surface area (Å²) in [5.74, 6) is 2.44. The predicted molar refractivity (Wildman–Crippen MR) is 72.4 cm³/mol. The molecular weight excluding hydrogens is 240 g/mol. The van der Waals surface area contributed by atoms with E-state index in [0.717, 1.165) is 5.56 Å². The van der Waals surface area contributed by atoms with Crippen LogP contribution in [0.25, 0.3) is 0 Å². The second kappa shape index (κ2) is 6.22. The van der Waals surface area contributed by atoms with Gasteiger partial charge in [0.25, 0.3) is 0 Å². The molecule has 94 valence electrons. The highest BCUT2D eigenvalue weighted by Gasteiger charge is 2.06. The maximum Gasteiger partial charge on any atom is 0.411 e. The molecule has 1 amide bonds. The summed E-state index contributed by atoms with van der Waals surface area (Å²) in [6.07, 6.45) is 7.82. The molecule has 0 saturated heterocycles. The fraction of sp³-hybridized carbons (Fsp3) is 0.0667. The van der Waals surface area contributed by atoms with Crippen LogP contribution in [-0.4, -0.2) is 11.1 Å². The van der Waals surface area contributed by atoms with Crippen molar-refractivity contribution in [2.45, 2.75) is 6.61 Å². The molecular formula is C15H12N2O2. The van der Waals surface area contributed by atoms with Crippen molar-refractivity contribution >= 4 is 11.8 Å². The molecule has 2 rings (SSSR count). The first-order valence-corrected chi connectivity index (χ1v) is 5.68. The molecule has 4 nitrogen and oxygen atoms in total. The molecule has 1 N–H and O–H groups in total. The summed E-state index contributed by atoms with van der Waals surface area (Å²) in [4.78, 5) is 15.5. The van der Waals surface area contributed by atoms with Crippen molar-refractivity contribution in [3.05, 3.63) is 59.9 Å². The van der Waals surface area contributed by atoms with E-state index in [9.17, 15) is 4.79 Å². The van der Waals surface area contributed by atoms with Gasteiger partial charge in [-0.3, -0.25) is 10.3 Å². The minimum atomic E-state index is -0.549. The first kappa shape index (κ1) is 12.7. The molecule has 0 saturated carbocycles. The zero-order chi connectivity index (χ0) is 13.5. The topological polar surface area (TPSA) is 51.2 Å². The van der Waals surface area contributed by atoms with E-state index >= 15 is 0 Å². The van der Waals surface area contributed by atoms with E-state index < -0.39 is 6.09 Å². The first-order valence-electron chi connectivity index (χ1n) is 5.68. The third-order valence-corrected chi connectivity index (χ3v) is 2.43. The number of amides is 1. The van der Waals surface area contributed by atoms with Crippen LogP contribution < -0.4 is 5.32 Å². The van der Waals surface area contributed by atoms with Gasteiger partial charge in [-0.15, -0.1) is 6.42 Å². The Hall–Kier alpha value is -2.80. The number of terminal acetylenes is 1. The Morgan fingerprint density at radius 2 is 2.11 bits per heavy atom. The fourth-order valence-electron chi connectivity index (χ4n) is 1.49. The second-order valence-electron chi connectivity index (χ2n) is 3.75. The van der Waals surface area contributed by atoms with Crippen LogP contribution in [0.15, 0.2) is 48.8 Å². The molecule has 1 aromatic heterocycles. The molecule has 4 heteroatoms. The molecule has 1 heterocycles. The van der Waals surface area contributed by atoms with E-state index in [1.54, 1.807) is 12.3 Å². The van der Waals surface area contributed by atoms with Gasteiger partial charge < -0.3 is 4.74 Å². The number of hydrogen-bond acceptors (Lipinski definition) is 3. The van der Waals surface area contributed by atoms with Gasteiger partial charge in [0.15, 0.2) is 0 Å². The lowest BCUT2D eigenvalue weighted by atomic mass is 10.2. The van der Waals surface area contributed by atoms with Crippen LogP contribution in [0.4, 0.5) is 10.5 Å². The summed E-state index contributed by atoms with van der Waals surface area (Å²) in [5, 5.41) is 2.59. The van der Waals surface area contributed by atoms with Crippen molar-refractivity contribution in [2.24, 2.45) is 0 Å². The molecule has 2 aromatic rings. The lowest BCUT2D eigenvalue weighted by Crippen LogP contribution is -2.14. The number of ether oxygens (including phenoxy) is 1. The highest BCUT2D eigenvalue weighted by atomic mass is 16.5. The Balaban J connectivity index is 1.93. The monoisotopic (exact) mass is 252 g/mol. The minimum Gasteiger partial charge on any atom is -0.444 e. The summed E-state index contributed by atoms with van der Waals surface area (Å²) in [6.45, 7) is 0.211. The van der Waals surface area contributed by atoms with Gasteiger partial charge in [-0.1, -0.05) is 36.3 Å². The summed E-state index contributed by atoms with van der Waals surface area (Å²) in [5.41, 5.74) is 1.94. The molecule has 0 aliphatic heterocycles. The smallest absolute Gasteiger partial charge is 0.411 e. The first-order chi connectivity index (χ1) is 9.29. The SMILES string of the molecule is C#Cc1cnccc1NC(=O)OCc1ccccc1. The van der Waals surface area contributed by atoms with E-state index in [4.69, 9.17) is 11.2 Å². The Labute approximate surface area is 111 Å². The average molecular weight is 252 g/mol. The lowest BCUT2D eigenvalue weighted by molar-refractivity contribution is 0.155. The standard InChI is InChI=1S/C15H12N2O2/c1-2-13-10-16-9-8-14(13)17-15(18)19-11-12-6-4-3-5-7-12/h1,3-10H,11H2,(H,16,17,18). The van der Waals surface area contributed by atoms with Crippen LogP contribution >= 0.6 is 0 Å². The predicted octanol–water partition coefficient (Wildman–Crippen LogP) is 2.81. The number of carbonyl (C=O) groups excluding carboxylic acids is 1. The molecule has 0 radical (unpaired) electrons. The largest absolute Gasteiger partial charge is 0.444 e. The number of aromatic nitrogens is 1. The van der Waals surface area contributed by atoms with Gasteiger partial charge in [-0.25, -0.2) is 4.79 Å². The van der Waals surface area contributed by atoms with Crippen molar-refractivity contribution in [2.75, 3.05) is 5.32 Å². The van der Waals surface area contributed by atoms with Gasteiger partial charge >= 0.3 is 6.09 Å². The van der Waals surface area contributed by atoms with Crippen LogP contribution in [0.3, 0.4) is 0 Å². The Morgan fingerprint density at radius 1 is 1.32 bits per heavy atom. The normalized spacial score (nSPS) is 9.42. The number of anilines is 1. The Morgan fingerprint density at radius 3 is 2.84 bits per heavy atom. The number of pyridine rings is 1. The third kappa shape index (κ3) is 3.58. The van der Waals surface area contributed by atoms with Gasteiger partial charge in [0.1, 0.15) is 6.61 Å². The Kier molecular flexibility index (Phi) is 4.14. The van der Waals surface area contributed by atoms with Gasteiger partial charge in [0.2, 0.25) is 0 Å². The number of hydrogen-bond donors (Lipinski definition) is 1. The van der Waals surface area contributed by atoms with Crippen molar-refractivity contribution in [3.63, 3.8) is 0 Å². The second-order valence-corrected chi connectivity index (χ2v) is 3.75. The van der Waals surface area contributed by atoms with E-state index in [0.29, 0.717) is 11.3 Å². The number of carbonyl (C=O) groups is 1.